The fraction of sp³-hybridized carbons (Fsp3) is 0.123. The summed E-state index contributed by atoms with van der Waals surface area (Å²) in [6, 6.07) is 65.9. The molecule has 280 valence electrons. The van der Waals surface area contributed by atoms with Crippen LogP contribution in [-0.4, -0.2) is 0 Å². The number of hydrogen-bond acceptors (Lipinski definition) is 0. The van der Waals surface area contributed by atoms with Crippen molar-refractivity contribution in [3.63, 3.8) is 0 Å². The Morgan fingerprint density at radius 1 is 0.356 bits per heavy atom. The zero-order valence-corrected chi connectivity index (χ0v) is 35.2. The summed E-state index contributed by atoms with van der Waals surface area (Å²) in [5.74, 6) is 0. The van der Waals surface area contributed by atoms with Crippen molar-refractivity contribution in [3.8, 4) is 44.5 Å². The van der Waals surface area contributed by atoms with Gasteiger partial charge in [-0.25, -0.2) is 0 Å². The zero-order chi connectivity index (χ0) is 39.0. The lowest BCUT2D eigenvalue weighted by atomic mass is 9.73. The molecule has 0 saturated heterocycles. The number of hydrogen-bond donors (Lipinski definition) is 0. The molecule has 0 N–H and O–H groups in total. The monoisotopic (exact) mass is 788 g/mol. The first-order chi connectivity index (χ1) is 29.1. The second-order valence-electron chi connectivity index (χ2n) is 17.2. The highest BCUT2D eigenvalue weighted by Gasteiger charge is 2.46. The summed E-state index contributed by atoms with van der Waals surface area (Å²) in [5, 5.41) is 17.0. The SMILES string of the molecule is Cp1c2ccccc2c2c(-c3cccc4c(-c5cccc6c5C5(CCCC5)c5ccccc5-6)c5cccc(-c6cccc7c6c6ccccc6p7C)c5cc34)cccc21. The predicted octanol–water partition coefficient (Wildman–Crippen LogP) is 17.5. The minimum atomic E-state index is -0.414. The summed E-state index contributed by atoms with van der Waals surface area (Å²) in [6.07, 6.45) is 4.96. The van der Waals surface area contributed by atoms with Crippen LogP contribution in [0.25, 0.3) is 108 Å². The molecular formula is C57H42P2. The first-order valence-corrected chi connectivity index (χ1v) is 24.9. The standard InChI is InChI=1S/C57H42P2/c1-58-49-28-7-4-17-43(49)54-38(23-14-30-51(54)58)35-19-11-21-40-46(35)34-47-36(39-24-15-31-52-55(39)44-18-5-8-29-50(44)59(52)2)20-12-22-41(47)53(40)45-26-13-25-42-37-16-3-6-27-48(37)57(56(42)45)32-9-10-33-57/h3-8,11-31,34H,9-10,32-33H2,1-2H3. The third-order valence-corrected chi connectivity index (χ3v) is 18.9. The molecule has 2 aliphatic carbocycles. The van der Waals surface area contributed by atoms with Gasteiger partial charge >= 0.3 is 0 Å². The fourth-order valence-corrected chi connectivity index (χ4v) is 16.1. The van der Waals surface area contributed by atoms with Crippen molar-refractivity contribution >= 4 is 78.6 Å². The summed E-state index contributed by atoms with van der Waals surface area (Å²) in [4.78, 5) is 0. The van der Waals surface area contributed by atoms with Crippen molar-refractivity contribution in [1.29, 1.82) is 0 Å². The largest absolute Gasteiger partial charge is 0.112 e. The van der Waals surface area contributed by atoms with Crippen LogP contribution in [0.1, 0.15) is 36.8 Å². The van der Waals surface area contributed by atoms with Gasteiger partial charge in [0.25, 0.3) is 0 Å². The topological polar surface area (TPSA) is 0 Å². The van der Waals surface area contributed by atoms with Crippen LogP contribution in [-0.2, 0) is 18.7 Å². The quantitative estimate of drug-likeness (QED) is 0.156. The molecule has 11 aromatic rings. The van der Waals surface area contributed by atoms with Crippen LogP contribution in [0.4, 0.5) is 0 Å². The van der Waals surface area contributed by atoms with Crippen LogP contribution in [0.5, 0.6) is 0 Å². The maximum absolute atomic E-state index is 2.58. The molecule has 2 heterocycles. The van der Waals surface area contributed by atoms with E-state index in [0.717, 1.165) is 0 Å². The van der Waals surface area contributed by atoms with Crippen molar-refractivity contribution in [1.82, 2.24) is 0 Å². The van der Waals surface area contributed by atoms with Crippen LogP contribution in [0.15, 0.2) is 170 Å². The first kappa shape index (κ1) is 34.0. The maximum Gasteiger partial charge on any atom is 0.0221 e. The van der Waals surface area contributed by atoms with Crippen molar-refractivity contribution in [2.45, 2.75) is 31.1 Å². The Hall–Kier alpha value is -5.90. The predicted molar refractivity (Wildman–Crippen MR) is 260 cm³/mol. The van der Waals surface area contributed by atoms with Crippen LogP contribution in [0.3, 0.4) is 0 Å². The van der Waals surface area contributed by atoms with Gasteiger partial charge < -0.3 is 0 Å². The van der Waals surface area contributed by atoms with E-state index in [-0.39, 0.29) is 5.41 Å². The van der Waals surface area contributed by atoms with Crippen molar-refractivity contribution in [2.24, 2.45) is 13.3 Å². The Morgan fingerprint density at radius 3 is 1.39 bits per heavy atom. The second-order valence-corrected chi connectivity index (χ2v) is 21.3. The molecule has 0 radical (unpaired) electrons. The molecule has 1 spiro atoms. The summed E-state index contributed by atoms with van der Waals surface area (Å²) < 4.78 is 0. The fourth-order valence-electron chi connectivity index (χ4n) is 12.1. The Kier molecular flexibility index (Phi) is 7.24. The molecule has 59 heavy (non-hydrogen) atoms. The average molecular weight is 789 g/mol. The lowest BCUT2D eigenvalue weighted by Crippen LogP contribution is -2.21. The molecule has 2 atom stereocenters. The third kappa shape index (κ3) is 4.52. The van der Waals surface area contributed by atoms with E-state index in [1.165, 1.54) is 139 Å². The van der Waals surface area contributed by atoms with Crippen LogP contribution in [0, 0.1) is 0 Å². The highest BCUT2D eigenvalue weighted by Crippen LogP contribution is 2.61. The second kappa shape index (κ2) is 12.6. The molecule has 2 unspecified atom stereocenters. The average Bonchev–Trinajstić information content (AvgIpc) is 4.05. The van der Waals surface area contributed by atoms with Crippen LogP contribution >= 0.6 is 15.1 Å². The van der Waals surface area contributed by atoms with E-state index in [0.29, 0.717) is 0 Å². The molecule has 9 aromatic carbocycles. The van der Waals surface area contributed by atoms with E-state index in [1.54, 1.807) is 5.56 Å². The number of aryl methyl sites for hydroxylation is 2. The van der Waals surface area contributed by atoms with Crippen LogP contribution in [0.2, 0.25) is 0 Å². The van der Waals surface area contributed by atoms with E-state index in [9.17, 15) is 0 Å². The van der Waals surface area contributed by atoms with Gasteiger partial charge in [0.2, 0.25) is 0 Å². The van der Waals surface area contributed by atoms with Crippen molar-refractivity contribution < 1.29 is 0 Å². The summed E-state index contributed by atoms with van der Waals surface area (Å²) >= 11 is 0. The van der Waals surface area contributed by atoms with Gasteiger partial charge in [0.05, 0.1) is 0 Å². The van der Waals surface area contributed by atoms with E-state index in [2.05, 4.69) is 183 Å². The first-order valence-electron chi connectivity index (χ1n) is 21.3. The minimum absolute atomic E-state index is 0.0384. The Balaban J connectivity index is 1.20. The summed E-state index contributed by atoms with van der Waals surface area (Å²) in [5.41, 5.74) is 14.1. The molecule has 0 nitrogen and oxygen atoms in total. The Morgan fingerprint density at radius 2 is 0.780 bits per heavy atom. The highest BCUT2D eigenvalue weighted by atomic mass is 31.1. The van der Waals surface area contributed by atoms with Gasteiger partial charge in [0.1, 0.15) is 0 Å². The lowest BCUT2D eigenvalue weighted by molar-refractivity contribution is 0.551. The summed E-state index contributed by atoms with van der Waals surface area (Å²) in [6.45, 7) is 4.88. The van der Waals surface area contributed by atoms with Gasteiger partial charge in [0.15, 0.2) is 0 Å². The maximum atomic E-state index is 2.58. The number of rotatable bonds is 3. The van der Waals surface area contributed by atoms with E-state index < -0.39 is 15.1 Å². The molecular weight excluding hydrogens is 747 g/mol. The van der Waals surface area contributed by atoms with Gasteiger partial charge in [-0.15, -0.1) is 15.1 Å². The number of fused-ring (bicyclic) bond motifs is 13. The van der Waals surface area contributed by atoms with Crippen LogP contribution < -0.4 is 0 Å². The molecule has 0 bridgehead atoms. The van der Waals surface area contributed by atoms with Gasteiger partial charge in [-0.2, -0.15) is 0 Å². The third-order valence-electron chi connectivity index (χ3n) is 14.5. The van der Waals surface area contributed by atoms with Gasteiger partial charge in [0, 0.05) is 36.7 Å². The molecule has 2 aliphatic rings. The Labute approximate surface area is 346 Å². The number of benzene rings is 9. The Bertz CT molecular complexity index is 3410. The smallest absolute Gasteiger partial charge is 0.0221 e. The van der Waals surface area contributed by atoms with Gasteiger partial charge in [-0.1, -0.05) is 177 Å². The highest BCUT2D eigenvalue weighted by molar-refractivity contribution is 7.60. The van der Waals surface area contributed by atoms with Gasteiger partial charge in [-0.05, 0) is 120 Å². The van der Waals surface area contributed by atoms with E-state index >= 15 is 0 Å². The van der Waals surface area contributed by atoms with E-state index in [4.69, 9.17) is 0 Å². The van der Waals surface area contributed by atoms with E-state index in [1.807, 2.05) is 0 Å². The minimum Gasteiger partial charge on any atom is -0.112 e. The molecule has 1 fully saturated rings. The molecule has 2 heteroatoms. The van der Waals surface area contributed by atoms with Crippen molar-refractivity contribution in [3.05, 3.63) is 181 Å². The molecule has 13 rings (SSSR count). The van der Waals surface area contributed by atoms with Gasteiger partial charge in [-0.3, -0.25) is 0 Å². The molecule has 0 aliphatic heterocycles. The normalized spacial score (nSPS) is 15.1. The molecule has 1 saturated carbocycles. The molecule has 0 amide bonds. The zero-order valence-electron chi connectivity index (χ0n) is 33.4. The van der Waals surface area contributed by atoms with Crippen molar-refractivity contribution in [2.75, 3.05) is 0 Å². The summed E-state index contributed by atoms with van der Waals surface area (Å²) in [7, 11) is -0.828. The lowest BCUT2D eigenvalue weighted by Gasteiger charge is -2.30. The molecule has 2 aromatic heterocycles.